The van der Waals surface area contributed by atoms with Crippen LogP contribution in [0.4, 0.5) is 0 Å². The Morgan fingerprint density at radius 3 is 3.25 bits per heavy atom. The molecule has 1 aromatic rings. The first-order valence-electron chi connectivity index (χ1n) is 5.24. The first-order valence-corrected chi connectivity index (χ1v) is 5.61. The van der Waals surface area contributed by atoms with Crippen LogP contribution in [0.5, 0.6) is 5.75 Å². The van der Waals surface area contributed by atoms with Gasteiger partial charge in [0.05, 0.1) is 18.4 Å². The highest BCUT2D eigenvalue weighted by Crippen LogP contribution is 2.18. The first kappa shape index (κ1) is 11.4. The fraction of sp³-hybridized carbons (Fsp3) is 0.455. The molecule has 2 rings (SSSR count). The maximum absolute atomic E-state index is 10.7. The van der Waals surface area contributed by atoms with E-state index in [1.807, 2.05) is 0 Å². The van der Waals surface area contributed by atoms with Crippen LogP contribution >= 0.6 is 11.6 Å². The summed E-state index contributed by atoms with van der Waals surface area (Å²) in [5.41, 5.74) is 0.365. The van der Waals surface area contributed by atoms with Crippen molar-refractivity contribution >= 4 is 17.9 Å². The summed E-state index contributed by atoms with van der Waals surface area (Å²) in [6, 6.07) is 1.62. The Balaban J connectivity index is 1.95. The van der Waals surface area contributed by atoms with Gasteiger partial charge in [0, 0.05) is 12.5 Å². The molecule has 0 bridgehead atoms. The molecule has 1 aliphatic rings. The predicted octanol–water partition coefficient (Wildman–Crippen LogP) is 1.54. The lowest BCUT2D eigenvalue weighted by atomic mass is 10.1. The smallest absolute Gasteiger partial charge is 0.153 e. The van der Waals surface area contributed by atoms with E-state index in [9.17, 15) is 4.79 Å². The summed E-state index contributed by atoms with van der Waals surface area (Å²) >= 11 is 5.72. The Morgan fingerprint density at radius 1 is 1.69 bits per heavy atom. The summed E-state index contributed by atoms with van der Waals surface area (Å²) < 4.78 is 5.57. The molecule has 2 heterocycles. The van der Waals surface area contributed by atoms with Crippen molar-refractivity contribution in [3.8, 4) is 5.75 Å². The summed E-state index contributed by atoms with van der Waals surface area (Å²) in [6.07, 6.45) is 3.35. The highest BCUT2D eigenvalue weighted by atomic mass is 35.5. The molecule has 0 amide bonds. The number of aldehydes is 1. The average molecular weight is 241 g/mol. The van der Waals surface area contributed by atoms with E-state index in [1.165, 1.54) is 6.20 Å². The van der Waals surface area contributed by atoms with E-state index in [0.717, 1.165) is 19.5 Å². The first-order chi connectivity index (χ1) is 7.79. The van der Waals surface area contributed by atoms with Crippen molar-refractivity contribution in [3.63, 3.8) is 0 Å². The van der Waals surface area contributed by atoms with Crippen LogP contribution in [0.15, 0.2) is 12.3 Å². The lowest BCUT2D eigenvalue weighted by molar-refractivity contribution is 0.112. The number of ether oxygens (including phenoxy) is 1. The van der Waals surface area contributed by atoms with Gasteiger partial charge in [0.15, 0.2) is 6.29 Å². The minimum Gasteiger partial charge on any atom is -0.492 e. The molecule has 5 heteroatoms. The largest absolute Gasteiger partial charge is 0.492 e. The molecular formula is C11H13ClN2O2. The second-order valence-corrected chi connectivity index (χ2v) is 4.20. The second-order valence-electron chi connectivity index (χ2n) is 3.84. The maximum atomic E-state index is 10.7. The topological polar surface area (TPSA) is 51.2 Å². The maximum Gasteiger partial charge on any atom is 0.153 e. The lowest BCUT2D eigenvalue weighted by Gasteiger charge is -2.10. The van der Waals surface area contributed by atoms with Gasteiger partial charge in [-0.2, -0.15) is 0 Å². The number of hydrogen-bond acceptors (Lipinski definition) is 4. The number of pyridine rings is 1. The van der Waals surface area contributed by atoms with Crippen LogP contribution in [0.3, 0.4) is 0 Å². The number of nitrogens with one attached hydrogen (secondary N) is 1. The van der Waals surface area contributed by atoms with E-state index >= 15 is 0 Å². The molecule has 86 valence electrons. The number of carbonyl (C=O) groups is 1. The molecule has 0 radical (unpaired) electrons. The van der Waals surface area contributed by atoms with Crippen LogP contribution in [0.25, 0.3) is 0 Å². The lowest BCUT2D eigenvalue weighted by Crippen LogP contribution is -2.15. The van der Waals surface area contributed by atoms with Crippen molar-refractivity contribution in [1.82, 2.24) is 10.3 Å². The normalized spacial score (nSPS) is 19.7. The molecule has 0 spiro atoms. The number of hydrogen-bond donors (Lipinski definition) is 1. The number of halogens is 1. The molecule has 4 nitrogen and oxygen atoms in total. The van der Waals surface area contributed by atoms with Crippen LogP contribution < -0.4 is 10.1 Å². The summed E-state index contributed by atoms with van der Waals surface area (Å²) in [5, 5.41) is 3.48. The minimum atomic E-state index is 0.213. The zero-order valence-electron chi connectivity index (χ0n) is 8.78. The third-order valence-corrected chi connectivity index (χ3v) is 2.93. The molecule has 0 aromatic carbocycles. The fourth-order valence-electron chi connectivity index (χ4n) is 1.68. The van der Waals surface area contributed by atoms with Gasteiger partial charge in [-0.1, -0.05) is 11.6 Å². The number of rotatable bonds is 4. The van der Waals surface area contributed by atoms with Gasteiger partial charge in [0.25, 0.3) is 0 Å². The number of nitrogens with zero attached hydrogens (tertiary/aromatic N) is 1. The monoisotopic (exact) mass is 240 g/mol. The van der Waals surface area contributed by atoms with Crippen molar-refractivity contribution in [2.75, 3.05) is 19.7 Å². The minimum absolute atomic E-state index is 0.213. The Bertz CT molecular complexity index is 378. The molecule has 16 heavy (non-hydrogen) atoms. The van der Waals surface area contributed by atoms with E-state index in [0.29, 0.717) is 30.1 Å². The van der Waals surface area contributed by atoms with Gasteiger partial charge in [0.2, 0.25) is 0 Å². The standard InChI is InChI=1S/C11H13ClN2O2/c12-11-9(6-15)3-10(5-14-11)16-7-8-1-2-13-4-8/h3,5-6,8,13H,1-2,4,7H2/t8-/m0/s1. The highest BCUT2D eigenvalue weighted by molar-refractivity contribution is 6.31. The van der Waals surface area contributed by atoms with Crippen molar-refractivity contribution < 1.29 is 9.53 Å². The molecule has 1 atom stereocenters. The van der Waals surface area contributed by atoms with Crippen LogP contribution in [0.1, 0.15) is 16.8 Å². The van der Waals surface area contributed by atoms with Gasteiger partial charge in [0.1, 0.15) is 10.9 Å². The van der Waals surface area contributed by atoms with E-state index in [1.54, 1.807) is 6.07 Å². The average Bonchev–Trinajstić information content (AvgIpc) is 2.81. The van der Waals surface area contributed by atoms with E-state index in [2.05, 4.69) is 10.3 Å². The molecule has 0 saturated carbocycles. The summed E-state index contributed by atoms with van der Waals surface area (Å²) in [5.74, 6) is 1.13. The van der Waals surface area contributed by atoms with E-state index in [4.69, 9.17) is 16.3 Å². The molecular weight excluding hydrogens is 228 g/mol. The molecule has 1 aromatic heterocycles. The molecule has 0 aliphatic carbocycles. The second kappa shape index (κ2) is 5.27. The molecule has 1 fully saturated rings. The van der Waals surface area contributed by atoms with Gasteiger partial charge in [-0.15, -0.1) is 0 Å². The van der Waals surface area contributed by atoms with Crippen LogP contribution in [-0.2, 0) is 0 Å². The van der Waals surface area contributed by atoms with E-state index < -0.39 is 0 Å². The molecule has 0 unspecified atom stereocenters. The van der Waals surface area contributed by atoms with Gasteiger partial charge in [-0.25, -0.2) is 4.98 Å². The van der Waals surface area contributed by atoms with Gasteiger partial charge in [-0.05, 0) is 19.0 Å². The van der Waals surface area contributed by atoms with Gasteiger partial charge < -0.3 is 10.1 Å². The highest BCUT2D eigenvalue weighted by Gasteiger charge is 2.15. The summed E-state index contributed by atoms with van der Waals surface area (Å²) in [4.78, 5) is 14.5. The quantitative estimate of drug-likeness (QED) is 0.641. The third-order valence-electron chi connectivity index (χ3n) is 2.62. The summed E-state index contributed by atoms with van der Waals surface area (Å²) in [6.45, 7) is 2.68. The number of carbonyl (C=O) groups excluding carboxylic acids is 1. The van der Waals surface area contributed by atoms with Crippen LogP contribution in [-0.4, -0.2) is 31.0 Å². The Labute approximate surface area is 99.0 Å². The summed E-state index contributed by atoms with van der Waals surface area (Å²) in [7, 11) is 0. The van der Waals surface area contributed by atoms with Crippen LogP contribution in [0.2, 0.25) is 5.15 Å². The zero-order valence-corrected chi connectivity index (χ0v) is 9.54. The van der Waals surface area contributed by atoms with Crippen molar-refractivity contribution in [1.29, 1.82) is 0 Å². The fourth-order valence-corrected chi connectivity index (χ4v) is 1.83. The van der Waals surface area contributed by atoms with E-state index in [-0.39, 0.29) is 5.15 Å². The Hall–Kier alpha value is -1.13. The molecule has 1 N–H and O–H groups in total. The predicted molar refractivity (Wildman–Crippen MR) is 61.1 cm³/mol. The van der Waals surface area contributed by atoms with Gasteiger partial charge >= 0.3 is 0 Å². The SMILES string of the molecule is O=Cc1cc(OC[C@H]2CCNC2)cnc1Cl. The van der Waals surface area contributed by atoms with Gasteiger partial charge in [-0.3, -0.25) is 4.79 Å². The third kappa shape index (κ3) is 2.71. The van der Waals surface area contributed by atoms with Crippen molar-refractivity contribution in [2.45, 2.75) is 6.42 Å². The Kier molecular flexibility index (Phi) is 3.74. The molecule has 1 saturated heterocycles. The zero-order chi connectivity index (χ0) is 11.4. The van der Waals surface area contributed by atoms with Crippen molar-refractivity contribution in [3.05, 3.63) is 23.0 Å². The number of aromatic nitrogens is 1. The Morgan fingerprint density at radius 2 is 2.56 bits per heavy atom. The van der Waals surface area contributed by atoms with Crippen LogP contribution in [0, 0.1) is 5.92 Å². The van der Waals surface area contributed by atoms with Crippen molar-refractivity contribution in [2.24, 2.45) is 5.92 Å². The molecule has 1 aliphatic heterocycles.